The summed E-state index contributed by atoms with van der Waals surface area (Å²) in [7, 11) is -3.39. The van der Waals surface area contributed by atoms with Crippen molar-refractivity contribution in [3.63, 3.8) is 0 Å². The van der Waals surface area contributed by atoms with Gasteiger partial charge in [0.25, 0.3) is 5.91 Å². The summed E-state index contributed by atoms with van der Waals surface area (Å²) in [6.07, 6.45) is -3.15. The zero-order valence-electron chi connectivity index (χ0n) is 19.2. The summed E-state index contributed by atoms with van der Waals surface area (Å²) in [6, 6.07) is 5.63. The number of benzene rings is 1. The summed E-state index contributed by atoms with van der Waals surface area (Å²) >= 11 is 0. The first-order chi connectivity index (χ1) is 16.0. The van der Waals surface area contributed by atoms with Crippen LogP contribution < -0.4 is 0 Å². The zero-order chi connectivity index (χ0) is 24.7. The normalized spacial score (nSPS) is 18.4. The molecule has 11 heteroatoms. The summed E-state index contributed by atoms with van der Waals surface area (Å²) in [5.74, 6) is -0.459. The first kappa shape index (κ1) is 24.7. The van der Waals surface area contributed by atoms with Crippen molar-refractivity contribution in [2.24, 2.45) is 5.92 Å². The summed E-state index contributed by atoms with van der Waals surface area (Å²) in [6.45, 7) is 4.83. The van der Waals surface area contributed by atoms with Crippen LogP contribution in [0.2, 0.25) is 0 Å². The maximum Gasteiger partial charge on any atom is 0.416 e. The Kier molecular flexibility index (Phi) is 6.78. The Balaban J connectivity index is 1.43. The second kappa shape index (κ2) is 9.33. The van der Waals surface area contributed by atoms with Gasteiger partial charge in [-0.2, -0.15) is 22.6 Å². The minimum absolute atomic E-state index is 0.0105. The van der Waals surface area contributed by atoms with Crippen molar-refractivity contribution in [2.45, 2.75) is 51.7 Å². The smallest absolute Gasteiger partial charge is 0.337 e. The standard InChI is InChI=1S/C23H29F3N4O3S/c1-15(2)14-34(32,33)30-12-9-18-20(13-30)27-28-21(18)22(31)29-10-7-16(8-11-29)17-5-3-4-6-19(17)23(24,25)26/h3-6,15-16H,7-14H2,1-2H3,(H,27,28). The maximum atomic E-state index is 13.4. The Bertz CT molecular complexity index is 1150. The first-order valence-corrected chi connectivity index (χ1v) is 13.1. The number of carbonyl (C=O) groups excluding carboxylic acids is 1. The predicted molar refractivity (Wildman–Crippen MR) is 121 cm³/mol. The molecule has 0 bridgehead atoms. The molecule has 1 amide bonds. The molecule has 186 valence electrons. The molecule has 0 aliphatic carbocycles. The van der Waals surface area contributed by atoms with Gasteiger partial charge in [0.2, 0.25) is 10.0 Å². The maximum absolute atomic E-state index is 13.4. The molecule has 2 aromatic rings. The van der Waals surface area contributed by atoms with E-state index in [2.05, 4.69) is 10.2 Å². The third kappa shape index (κ3) is 5.00. The van der Waals surface area contributed by atoms with Crippen LogP contribution in [-0.2, 0) is 29.2 Å². The van der Waals surface area contributed by atoms with E-state index in [4.69, 9.17) is 0 Å². The van der Waals surface area contributed by atoms with Crippen molar-refractivity contribution < 1.29 is 26.4 Å². The van der Waals surface area contributed by atoms with E-state index in [0.29, 0.717) is 38.0 Å². The highest BCUT2D eigenvalue weighted by molar-refractivity contribution is 7.89. The number of alkyl halides is 3. The predicted octanol–water partition coefficient (Wildman–Crippen LogP) is 3.79. The molecule has 0 spiro atoms. The van der Waals surface area contributed by atoms with Crippen LogP contribution in [0.1, 0.15) is 65.5 Å². The van der Waals surface area contributed by atoms with Gasteiger partial charge < -0.3 is 4.90 Å². The molecule has 4 rings (SSSR count). The fourth-order valence-corrected chi connectivity index (χ4v) is 6.64. The van der Waals surface area contributed by atoms with Crippen LogP contribution in [0.5, 0.6) is 0 Å². The number of aromatic nitrogens is 2. The third-order valence-corrected chi connectivity index (χ3v) is 8.71. The lowest BCUT2D eigenvalue weighted by molar-refractivity contribution is -0.138. The molecule has 34 heavy (non-hydrogen) atoms. The van der Waals surface area contributed by atoms with Crippen LogP contribution >= 0.6 is 0 Å². The number of nitrogens with one attached hydrogen (secondary N) is 1. The number of aromatic amines is 1. The van der Waals surface area contributed by atoms with Crippen LogP contribution in [0.25, 0.3) is 0 Å². The monoisotopic (exact) mass is 498 g/mol. The average molecular weight is 499 g/mol. The van der Waals surface area contributed by atoms with E-state index >= 15 is 0 Å². The topological polar surface area (TPSA) is 86.4 Å². The Morgan fingerprint density at radius 1 is 1.18 bits per heavy atom. The number of likely N-dealkylation sites (tertiary alicyclic amines) is 1. The van der Waals surface area contributed by atoms with Gasteiger partial charge in [0.15, 0.2) is 5.69 Å². The van der Waals surface area contributed by atoms with Crippen LogP contribution in [0, 0.1) is 5.92 Å². The Hall–Kier alpha value is -2.40. The van der Waals surface area contributed by atoms with E-state index in [1.165, 1.54) is 16.4 Å². The van der Waals surface area contributed by atoms with E-state index in [1.54, 1.807) is 11.0 Å². The molecule has 0 radical (unpaired) electrons. The van der Waals surface area contributed by atoms with Crippen molar-refractivity contribution in [1.82, 2.24) is 19.4 Å². The fourth-order valence-electron chi connectivity index (χ4n) is 4.89. The lowest BCUT2D eigenvalue weighted by Gasteiger charge is -2.33. The lowest BCUT2D eigenvalue weighted by atomic mass is 9.86. The number of piperidine rings is 1. The Labute approximate surface area is 197 Å². The van der Waals surface area contributed by atoms with Crippen molar-refractivity contribution in [1.29, 1.82) is 0 Å². The van der Waals surface area contributed by atoms with E-state index in [1.807, 2.05) is 13.8 Å². The number of H-pyrrole nitrogens is 1. The molecule has 0 unspecified atom stereocenters. The number of rotatable bonds is 5. The summed E-state index contributed by atoms with van der Waals surface area (Å²) in [5.41, 5.74) is 1.30. The van der Waals surface area contributed by atoms with Crippen molar-refractivity contribution in [2.75, 3.05) is 25.4 Å². The minimum Gasteiger partial charge on any atom is -0.337 e. The molecule has 3 heterocycles. The van der Waals surface area contributed by atoms with Crippen molar-refractivity contribution >= 4 is 15.9 Å². The molecule has 1 aromatic carbocycles. The van der Waals surface area contributed by atoms with Gasteiger partial charge in [-0.05, 0) is 42.7 Å². The summed E-state index contributed by atoms with van der Waals surface area (Å²) in [4.78, 5) is 14.8. The average Bonchev–Trinajstić information content (AvgIpc) is 3.21. The van der Waals surface area contributed by atoms with Crippen LogP contribution in [0.15, 0.2) is 24.3 Å². The van der Waals surface area contributed by atoms with Crippen molar-refractivity contribution in [3.05, 3.63) is 52.3 Å². The van der Waals surface area contributed by atoms with E-state index in [-0.39, 0.29) is 47.8 Å². The van der Waals surface area contributed by atoms with Gasteiger partial charge in [-0.25, -0.2) is 8.42 Å². The van der Waals surface area contributed by atoms with Crippen molar-refractivity contribution in [3.8, 4) is 0 Å². The molecule has 1 N–H and O–H groups in total. The minimum atomic E-state index is -4.41. The number of halogens is 3. The largest absolute Gasteiger partial charge is 0.416 e. The van der Waals surface area contributed by atoms with Crippen LogP contribution in [-0.4, -0.2) is 59.1 Å². The molecule has 1 saturated heterocycles. The quantitative estimate of drug-likeness (QED) is 0.680. The number of hydrogen-bond donors (Lipinski definition) is 1. The number of fused-ring (bicyclic) bond motifs is 1. The first-order valence-electron chi connectivity index (χ1n) is 11.5. The molecular formula is C23H29F3N4O3S. The van der Waals surface area contributed by atoms with Gasteiger partial charge >= 0.3 is 6.18 Å². The molecule has 1 fully saturated rings. The number of nitrogens with zero attached hydrogens (tertiary/aromatic N) is 3. The Morgan fingerprint density at radius 2 is 1.85 bits per heavy atom. The molecule has 0 saturated carbocycles. The number of carbonyl (C=O) groups is 1. The van der Waals surface area contributed by atoms with Crippen LogP contribution in [0.3, 0.4) is 0 Å². The molecule has 2 aliphatic heterocycles. The molecule has 0 atom stereocenters. The fraction of sp³-hybridized carbons (Fsp3) is 0.565. The number of hydrogen-bond acceptors (Lipinski definition) is 4. The SMILES string of the molecule is CC(C)CS(=O)(=O)N1CCc2c(C(=O)N3CCC(c4ccccc4C(F)(F)F)CC3)n[nH]c2C1. The summed E-state index contributed by atoms with van der Waals surface area (Å²) in [5, 5.41) is 7.02. The van der Waals surface area contributed by atoms with Gasteiger partial charge in [0.05, 0.1) is 23.6 Å². The third-order valence-electron chi connectivity index (χ3n) is 6.53. The van der Waals surface area contributed by atoms with E-state index in [0.717, 1.165) is 11.6 Å². The van der Waals surface area contributed by atoms with E-state index < -0.39 is 21.8 Å². The number of amides is 1. The highest BCUT2D eigenvalue weighted by Gasteiger charge is 2.37. The Morgan fingerprint density at radius 3 is 2.50 bits per heavy atom. The van der Waals surface area contributed by atoms with E-state index in [9.17, 15) is 26.4 Å². The highest BCUT2D eigenvalue weighted by atomic mass is 32.2. The zero-order valence-corrected chi connectivity index (χ0v) is 20.0. The molecule has 2 aliphatic rings. The lowest BCUT2D eigenvalue weighted by Crippen LogP contribution is -2.40. The second-order valence-electron chi connectivity index (χ2n) is 9.44. The van der Waals surface area contributed by atoms with Gasteiger partial charge in [-0.1, -0.05) is 32.0 Å². The molecular weight excluding hydrogens is 469 g/mol. The van der Waals surface area contributed by atoms with Gasteiger partial charge in [-0.3, -0.25) is 9.89 Å². The number of sulfonamides is 1. The van der Waals surface area contributed by atoms with Crippen LogP contribution in [0.4, 0.5) is 13.2 Å². The second-order valence-corrected chi connectivity index (χ2v) is 11.5. The van der Waals surface area contributed by atoms with Gasteiger partial charge in [0.1, 0.15) is 0 Å². The van der Waals surface area contributed by atoms with Gasteiger partial charge in [0, 0.05) is 25.2 Å². The molecule has 7 nitrogen and oxygen atoms in total. The molecule has 1 aromatic heterocycles. The summed E-state index contributed by atoms with van der Waals surface area (Å²) < 4.78 is 66.8. The highest BCUT2D eigenvalue weighted by Crippen LogP contribution is 2.39. The van der Waals surface area contributed by atoms with Gasteiger partial charge in [-0.15, -0.1) is 0 Å².